The fourth-order valence-corrected chi connectivity index (χ4v) is 5.29. The molecule has 2 N–H and O–H groups in total. The molecule has 2 aromatic rings. The summed E-state index contributed by atoms with van der Waals surface area (Å²) in [5.74, 6) is 0.157. The van der Waals surface area contributed by atoms with Crippen LogP contribution in [0.15, 0.2) is 77.6 Å². The van der Waals surface area contributed by atoms with Crippen molar-refractivity contribution in [3.05, 3.63) is 88.6 Å². The summed E-state index contributed by atoms with van der Waals surface area (Å²) < 4.78 is 3.61. The number of nitrogens with one attached hydrogen (secondary N) is 2. The highest BCUT2D eigenvalue weighted by molar-refractivity contribution is 5.67. The van der Waals surface area contributed by atoms with Gasteiger partial charge in [-0.3, -0.25) is 0 Å². The lowest BCUT2D eigenvalue weighted by atomic mass is 9.80. The van der Waals surface area contributed by atoms with Crippen LogP contribution in [0.2, 0.25) is 0 Å². The Kier molecular flexibility index (Phi) is 5.33. The summed E-state index contributed by atoms with van der Waals surface area (Å²) in [6.07, 6.45) is 7.46. The molecule has 2 heterocycles. The molecule has 0 saturated carbocycles. The molecule has 3 aliphatic rings. The van der Waals surface area contributed by atoms with Crippen LogP contribution in [0.4, 0.5) is 5.69 Å². The average molecular weight is 428 g/mol. The van der Waals surface area contributed by atoms with E-state index >= 15 is 0 Å². The third-order valence-corrected chi connectivity index (χ3v) is 7.27. The van der Waals surface area contributed by atoms with Crippen molar-refractivity contribution in [1.29, 1.82) is 5.53 Å². The summed E-state index contributed by atoms with van der Waals surface area (Å²) >= 11 is 0. The van der Waals surface area contributed by atoms with Crippen LogP contribution < -0.4 is 25.4 Å². The highest BCUT2D eigenvalue weighted by Crippen LogP contribution is 2.37. The average Bonchev–Trinajstić information content (AvgIpc) is 2.83. The van der Waals surface area contributed by atoms with Crippen molar-refractivity contribution >= 4 is 11.3 Å². The van der Waals surface area contributed by atoms with E-state index in [4.69, 9.17) is 5.53 Å². The van der Waals surface area contributed by atoms with Crippen LogP contribution in [-0.2, 0) is 0 Å². The molecule has 0 spiro atoms. The molecule has 0 amide bonds. The van der Waals surface area contributed by atoms with E-state index in [1.165, 1.54) is 27.4 Å². The molecule has 6 nitrogen and oxygen atoms in total. The zero-order chi connectivity index (χ0) is 22.1. The number of quaternary nitrogens is 1. The third-order valence-electron chi connectivity index (χ3n) is 7.27. The maximum Gasteiger partial charge on any atom is 0.220 e. The lowest BCUT2D eigenvalue weighted by Gasteiger charge is -2.35. The Balaban J connectivity index is 1.76. The first kappa shape index (κ1) is 20.6. The van der Waals surface area contributed by atoms with Gasteiger partial charge in [-0.25, -0.2) is 4.58 Å². The van der Waals surface area contributed by atoms with Crippen LogP contribution in [0.5, 0.6) is 0 Å². The maximum absolute atomic E-state index is 7.20. The molecule has 0 aromatic heterocycles. The molecule has 0 saturated heterocycles. The van der Waals surface area contributed by atoms with Crippen molar-refractivity contribution in [2.75, 3.05) is 38.7 Å². The molecule has 3 unspecified atom stereocenters. The topological polar surface area (TPSA) is 65.3 Å². The summed E-state index contributed by atoms with van der Waals surface area (Å²) in [5.41, 5.74) is 11.7. The second kappa shape index (κ2) is 8.30. The fourth-order valence-electron chi connectivity index (χ4n) is 5.29. The highest BCUT2D eigenvalue weighted by atomic mass is 15.4. The van der Waals surface area contributed by atoms with Gasteiger partial charge in [-0.15, -0.1) is 0 Å². The summed E-state index contributed by atoms with van der Waals surface area (Å²) in [6, 6.07) is 17.8. The minimum Gasteiger partial charge on any atom is -0.339 e. The second-order valence-electron chi connectivity index (χ2n) is 9.23. The van der Waals surface area contributed by atoms with Gasteiger partial charge in [0.25, 0.3) is 0 Å². The first-order valence-corrected chi connectivity index (χ1v) is 11.5. The van der Waals surface area contributed by atoms with Crippen LogP contribution in [0, 0.1) is 11.4 Å². The van der Waals surface area contributed by atoms with E-state index in [9.17, 15) is 0 Å². The SMILES string of the molecule is CC[N+]1(C)CCC[N+]2=c3cc(ccc3=C3C=CC(N=[N+]=N)=CC3C2c2ccccc2)NC1. The lowest BCUT2D eigenvalue weighted by Crippen LogP contribution is -2.53. The zero-order valence-corrected chi connectivity index (χ0v) is 18.8. The molecule has 2 aromatic carbocycles. The molecule has 5 rings (SSSR count). The van der Waals surface area contributed by atoms with Gasteiger partial charge >= 0.3 is 0 Å². The maximum atomic E-state index is 7.20. The number of nitrogens with zero attached hydrogens (tertiary/aromatic N) is 4. The van der Waals surface area contributed by atoms with Gasteiger partial charge in [0.2, 0.25) is 10.3 Å². The first-order valence-electron chi connectivity index (χ1n) is 11.5. The summed E-state index contributed by atoms with van der Waals surface area (Å²) in [6.45, 7) is 6.46. The monoisotopic (exact) mass is 427 g/mol. The lowest BCUT2D eigenvalue weighted by molar-refractivity contribution is -0.904. The van der Waals surface area contributed by atoms with E-state index in [0.717, 1.165) is 42.9 Å². The number of rotatable bonds is 3. The Morgan fingerprint density at radius 2 is 2.03 bits per heavy atom. The van der Waals surface area contributed by atoms with E-state index in [1.54, 1.807) is 0 Å². The summed E-state index contributed by atoms with van der Waals surface area (Å²) in [7, 11) is 2.34. The second-order valence-corrected chi connectivity index (χ2v) is 9.23. The van der Waals surface area contributed by atoms with E-state index < -0.39 is 0 Å². The Hall–Kier alpha value is -3.34. The predicted molar refractivity (Wildman–Crippen MR) is 127 cm³/mol. The van der Waals surface area contributed by atoms with Gasteiger partial charge in [0, 0.05) is 22.5 Å². The molecule has 1 aliphatic carbocycles. The van der Waals surface area contributed by atoms with Crippen molar-refractivity contribution in [2.24, 2.45) is 11.0 Å². The van der Waals surface area contributed by atoms with E-state index in [0.29, 0.717) is 0 Å². The third kappa shape index (κ3) is 3.62. The standard InChI is InChI=1S/C26H30N6/c1-3-32(2)15-7-14-31-25-17-20(28-18-32)10-13-23(25)22-12-11-21(29-30-27)16-24(22)26(31)19-8-5-4-6-9-19/h4-6,8-13,16-17,24,26-27H,3,7,14-15,18H2,1-2H3/q+2/p+1. The molecule has 0 fully saturated rings. The van der Waals surface area contributed by atoms with Crippen LogP contribution in [0.3, 0.4) is 0 Å². The molecular formula is C26H31N6+3. The molecule has 2 aliphatic heterocycles. The molecule has 3 atom stereocenters. The number of benzene rings is 2. The van der Waals surface area contributed by atoms with Crippen LogP contribution in [0.1, 0.15) is 24.9 Å². The van der Waals surface area contributed by atoms with Crippen LogP contribution in [-0.4, -0.2) is 37.8 Å². The number of fused-ring (bicyclic) bond motifs is 2. The van der Waals surface area contributed by atoms with E-state index in [1.807, 2.05) is 6.08 Å². The molecule has 2 bridgehead atoms. The Bertz CT molecular complexity index is 1270. The van der Waals surface area contributed by atoms with Gasteiger partial charge in [0.05, 0.1) is 32.5 Å². The van der Waals surface area contributed by atoms with Gasteiger partial charge in [0.1, 0.15) is 17.8 Å². The first-order chi connectivity index (χ1) is 15.6. The van der Waals surface area contributed by atoms with Gasteiger partial charge in [-0.1, -0.05) is 36.4 Å². The molecular weight excluding hydrogens is 396 g/mol. The number of hydrogen-bond acceptors (Lipinski definition) is 3. The van der Waals surface area contributed by atoms with Gasteiger partial charge in [-0.2, -0.15) is 0 Å². The Labute approximate surface area is 188 Å². The van der Waals surface area contributed by atoms with Crippen molar-refractivity contribution in [3.8, 4) is 0 Å². The van der Waals surface area contributed by atoms with Crippen molar-refractivity contribution in [1.82, 2.24) is 9.49 Å². The number of hydrogen-bond donors (Lipinski definition) is 2. The number of allylic oxidation sites excluding steroid dienone is 2. The smallest absolute Gasteiger partial charge is 0.220 e. The van der Waals surface area contributed by atoms with Gasteiger partial charge in [0.15, 0.2) is 17.8 Å². The minimum atomic E-state index is 0.157. The predicted octanol–water partition coefficient (Wildman–Crippen LogP) is 2.94. The van der Waals surface area contributed by atoms with Crippen molar-refractivity contribution < 1.29 is 4.48 Å². The number of anilines is 1. The molecule has 0 radical (unpaired) electrons. The Morgan fingerprint density at radius 1 is 1.19 bits per heavy atom. The highest BCUT2D eigenvalue weighted by Gasteiger charge is 2.39. The quantitative estimate of drug-likeness (QED) is 0.336. The molecule has 6 heteroatoms. The summed E-state index contributed by atoms with van der Waals surface area (Å²) in [5, 5.41) is 10.3. The summed E-state index contributed by atoms with van der Waals surface area (Å²) in [4.78, 5) is 3.29. The Morgan fingerprint density at radius 3 is 2.81 bits per heavy atom. The largest absolute Gasteiger partial charge is 0.339 e. The molecule has 162 valence electrons. The molecule has 32 heavy (non-hydrogen) atoms. The zero-order valence-electron chi connectivity index (χ0n) is 18.8. The van der Waals surface area contributed by atoms with Crippen molar-refractivity contribution in [3.63, 3.8) is 0 Å². The van der Waals surface area contributed by atoms with Crippen LogP contribution >= 0.6 is 0 Å². The van der Waals surface area contributed by atoms with Crippen LogP contribution in [0.25, 0.3) is 5.57 Å². The van der Waals surface area contributed by atoms with E-state index in [-0.39, 0.29) is 12.0 Å². The minimum absolute atomic E-state index is 0.157. The van der Waals surface area contributed by atoms with E-state index in [2.05, 4.69) is 94.6 Å². The van der Waals surface area contributed by atoms with Gasteiger partial charge < -0.3 is 9.80 Å². The normalized spacial score (nSPS) is 26.4. The van der Waals surface area contributed by atoms with Gasteiger partial charge in [-0.05, 0) is 36.8 Å². The fraction of sp³-hybridized carbons (Fsp3) is 0.346. The van der Waals surface area contributed by atoms with Crippen molar-refractivity contribution in [2.45, 2.75) is 19.4 Å².